The van der Waals surface area contributed by atoms with Crippen molar-refractivity contribution in [2.45, 2.75) is 26.3 Å². The van der Waals surface area contributed by atoms with Crippen LogP contribution in [0.25, 0.3) is 0 Å². The normalized spacial score (nSPS) is 20.4. The van der Waals surface area contributed by atoms with Crippen LogP contribution in [0.5, 0.6) is 0 Å². The van der Waals surface area contributed by atoms with Crippen LogP contribution >= 0.6 is 22.9 Å². The van der Waals surface area contributed by atoms with Crippen LogP contribution < -0.4 is 0 Å². The number of carbonyl (C=O) groups is 1. The molecule has 1 N–H and O–H groups in total. The highest BCUT2D eigenvalue weighted by Gasteiger charge is 2.36. The predicted molar refractivity (Wildman–Crippen MR) is 69.6 cm³/mol. The summed E-state index contributed by atoms with van der Waals surface area (Å²) in [4.78, 5) is 14.7. The Morgan fingerprint density at radius 3 is 2.65 bits per heavy atom. The maximum absolute atomic E-state index is 11.1. The van der Waals surface area contributed by atoms with Crippen molar-refractivity contribution >= 4 is 28.9 Å². The van der Waals surface area contributed by atoms with Gasteiger partial charge in [0, 0.05) is 11.4 Å². The second kappa shape index (κ2) is 4.96. The van der Waals surface area contributed by atoms with E-state index in [-0.39, 0.29) is 0 Å². The summed E-state index contributed by atoms with van der Waals surface area (Å²) < 4.78 is 0.812. The number of likely N-dealkylation sites (tertiary alicyclic amines) is 1. The Labute approximate surface area is 110 Å². The van der Waals surface area contributed by atoms with Gasteiger partial charge in [0.15, 0.2) is 0 Å². The SMILES string of the molecule is CC1(C(=O)O)CCN(Cc2ccc(Cl)s2)CC1. The van der Waals surface area contributed by atoms with Crippen LogP contribution in [0.4, 0.5) is 0 Å². The number of carboxylic acid groups (broad SMARTS) is 1. The van der Waals surface area contributed by atoms with Crippen LogP contribution in [-0.2, 0) is 11.3 Å². The van der Waals surface area contributed by atoms with Gasteiger partial charge >= 0.3 is 5.97 Å². The molecule has 2 rings (SSSR count). The number of nitrogens with zero attached hydrogens (tertiary/aromatic N) is 1. The molecule has 0 amide bonds. The van der Waals surface area contributed by atoms with Crippen molar-refractivity contribution in [3.05, 3.63) is 21.3 Å². The Morgan fingerprint density at radius 1 is 1.53 bits per heavy atom. The van der Waals surface area contributed by atoms with Gasteiger partial charge in [-0.25, -0.2) is 0 Å². The second-order valence-corrected chi connectivity index (χ2v) is 6.65. The van der Waals surface area contributed by atoms with Crippen molar-refractivity contribution in [1.29, 1.82) is 0 Å². The van der Waals surface area contributed by atoms with Gasteiger partial charge in [-0.05, 0) is 45.0 Å². The monoisotopic (exact) mass is 273 g/mol. The first-order chi connectivity index (χ1) is 7.99. The molecule has 0 aromatic carbocycles. The Kier molecular flexibility index (Phi) is 3.76. The largest absolute Gasteiger partial charge is 0.481 e. The van der Waals surface area contributed by atoms with Crippen LogP contribution in [0.3, 0.4) is 0 Å². The molecule has 0 spiro atoms. The zero-order valence-electron chi connectivity index (χ0n) is 9.78. The van der Waals surface area contributed by atoms with Crippen molar-refractivity contribution in [3.63, 3.8) is 0 Å². The van der Waals surface area contributed by atoms with Gasteiger partial charge in [-0.1, -0.05) is 11.6 Å². The predicted octanol–water partition coefficient (Wildman–Crippen LogP) is 3.09. The molecule has 1 aliphatic heterocycles. The van der Waals surface area contributed by atoms with E-state index in [1.165, 1.54) is 4.88 Å². The zero-order chi connectivity index (χ0) is 12.5. The maximum Gasteiger partial charge on any atom is 0.309 e. The van der Waals surface area contributed by atoms with Gasteiger partial charge in [0.1, 0.15) is 0 Å². The molecule has 0 aliphatic carbocycles. The van der Waals surface area contributed by atoms with Gasteiger partial charge in [-0.3, -0.25) is 9.69 Å². The van der Waals surface area contributed by atoms with Crippen molar-refractivity contribution in [1.82, 2.24) is 4.90 Å². The summed E-state index contributed by atoms with van der Waals surface area (Å²) in [6.07, 6.45) is 1.45. The Morgan fingerprint density at radius 2 is 2.18 bits per heavy atom. The third-order valence-electron chi connectivity index (χ3n) is 3.48. The average Bonchev–Trinajstić information content (AvgIpc) is 2.67. The summed E-state index contributed by atoms with van der Waals surface area (Å²) in [5.74, 6) is -0.670. The van der Waals surface area contributed by atoms with Crippen molar-refractivity contribution < 1.29 is 9.90 Å². The number of carboxylic acids is 1. The van der Waals surface area contributed by atoms with Crippen LogP contribution in [0.1, 0.15) is 24.6 Å². The second-order valence-electron chi connectivity index (χ2n) is 4.85. The Bertz CT molecular complexity index is 410. The molecular weight excluding hydrogens is 258 g/mol. The maximum atomic E-state index is 11.1. The molecule has 0 saturated carbocycles. The molecule has 1 aromatic heterocycles. The molecule has 94 valence electrons. The summed E-state index contributed by atoms with van der Waals surface area (Å²) in [5.41, 5.74) is -0.538. The summed E-state index contributed by atoms with van der Waals surface area (Å²) in [5, 5.41) is 9.14. The molecule has 0 unspecified atom stereocenters. The van der Waals surface area contributed by atoms with E-state index in [9.17, 15) is 4.79 Å². The fourth-order valence-electron chi connectivity index (χ4n) is 2.08. The molecule has 1 fully saturated rings. The van der Waals surface area contributed by atoms with E-state index in [4.69, 9.17) is 16.7 Å². The molecule has 0 bridgehead atoms. The minimum absolute atomic E-state index is 0.538. The fourth-order valence-corrected chi connectivity index (χ4v) is 3.21. The lowest BCUT2D eigenvalue weighted by molar-refractivity contribution is -0.150. The average molecular weight is 274 g/mol. The summed E-state index contributed by atoms with van der Waals surface area (Å²) in [6, 6.07) is 3.95. The van der Waals surface area contributed by atoms with Gasteiger partial charge in [0.25, 0.3) is 0 Å². The van der Waals surface area contributed by atoms with Crippen molar-refractivity contribution in [2.24, 2.45) is 5.41 Å². The first-order valence-electron chi connectivity index (χ1n) is 5.69. The van der Waals surface area contributed by atoms with E-state index in [2.05, 4.69) is 4.90 Å². The fraction of sp³-hybridized carbons (Fsp3) is 0.583. The summed E-state index contributed by atoms with van der Waals surface area (Å²) in [7, 11) is 0. The number of hydrogen-bond acceptors (Lipinski definition) is 3. The first-order valence-corrected chi connectivity index (χ1v) is 6.89. The highest BCUT2D eigenvalue weighted by Crippen LogP contribution is 2.32. The quantitative estimate of drug-likeness (QED) is 0.920. The lowest BCUT2D eigenvalue weighted by atomic mass is 9.80. The number of aliphatic carboxylic acids is 1. The minimum Gasteiger partial charge on any atom is -0.481 e. The Balaban J connectivity index is 1.89. The lowest BCUT2D eigenvalue weighted by Gasteiger charge is -2.36. The van der Waals surface area contributed by atoms with Gasteiger partial charge in [-0.15, -0.1) is 11.3 Å². The molecule has 5 heteroatoms. The van der Waals surface area contributed by atoms with Gasteiger partial charge < -0.3 is 5.11 Å². The topological polar surface area (TPSA) is 40.5 Å². The molecule has 3 nitrogen and oxygen atoms in total. The van der Waals surface area contributed by atoms with E-state index >= 15 is 0 Å². The molecule has 0 atom stereocenters. The number of hydrogen-bond donors (Lipinski definition) is 1. The zero-order valence-corrected chi connectivity index (χ0v) is 11.4. The van der Waals surface area contributed by atoms with E-state index in [0.29, 0.717) is 0 Å². The van der Waals surface area contributed by atoms with E-state index in [1.54, 1.807) is 11.3 Å². The molecule has 0 radical (unpaired) electrons. The molecule has 1 aliphatic rings. The van der Waals surface area contributed by atoms with Crippen LogP contribution in [0.15, 0.2) is 12.1 Å². The third kappa shape index (κ3) is 3.00. The van der Waals surface area contributed by atoms with Crippen LogP contribution in [0, 0.1) is 5.41 Å². The van der Waals surface area contributed by atoms with Gasteiger partial charge in [-0.2, -0.15) is 0 Å². The van der Waals surface area contributed by atoms with Crippen molar-refractivity contribution in [3.8, 4) is 0 Å². The van der Waals surface area contributed by atoms with Gasteiger partial charge in [0.05, 0.1) is 9.75 Å². The minimum atomic E-state index is -0.670. The van der Waals surface area contributed by atoms with Gasteiger partial charge in [0.2, 0.25) is 0 Å². The smallest absolute Gasteiger partial charge is 0.309 e. The molecule has 2 heterocycles. The van der Waals surface area contributed by atoms with E-state index in [0.717, 1.165) is 36.8 Å². The van der Waals surface area contributed by atoms with Crippen molar-refractivity contribution in [2.75, 3.05) is 13.1 Å². The summed E-state index contributed by atoms with van der Waals surface area (Å²) in [6.45, 7) is 4.42. The van der Waals surface area contributed by atoms with Crippen LogP contribution in [0.2, 0.25) is 4.34 Å². The van der Waals surface area contributed by atoms with E-state index in [1.807, 2.05) is 19.1 Å². The van der Waals surface area contributed by atoms with E-state index < -0.39 is 11.4 Å². The van der Waals surface area contributed by atoms with Crippen LogP contribution in [-0.4, -0.2) is 29.1 Å². The standard InChI is InChI=1S/C12H16ClNO2S/c1-12(11(15)16)4-6-14(7-5-12)8-9-2-3-10(13)17-9/h2-3H,4-8H2,1H3,(H,15,16). The number of thiophene rings is 1. The lowest BCUT2D eigenvalue weighted by Crippen LogP contribution is -2.42. The highest BCUT2D eigenvalue weighted by atomic mass is 35.5. The molecule has 1 aromatic rings. The number of rotatable bonds is 3. The number of piperidine rings is 1. The highest BCUT2D eigenvalue weighted by molar-refractivity contribution is 7.16. The molecular formula is C12H16ClNO2S. The third-order valence-corrected chi connectivity index (χ3v) is 4.70. The number of halogens is 1. The molecule has 17 heavy (non-hydrogen) atoms. The summed E-state index contributed by atoms with van der Waals surface area (Å²) >= 11 is 7.48. The first kappa shape index (κ1) is 12.9. The Hall–Kier alpha value is -0.580. The molecule has 1 saturated heterocycles.